The standard InChI is InChI=1S/C17H18N2O3S/c1-3-12-10-18-7-6-15(12)23(21,22)14-8-11(2)17-13(9-14)4-5-16(20)19-17/h6-10H,3-5H2,1-2H3,(H,19,20). The van der Waals surface area contributed by atoms with E-state index in [1.54, 1.807) is 24.4 Å². The van der Waals surface area contributed by atoms with Gasteiger partial charge in [0.05, 0.1) is 9.79 Å². The van der Waals surface area contributed by atoms with Crippen LogP contribution in [0.25, 0.3) is 0 Å². The molecular weight excluding hydrogens is 312 g/mol. The molecule has 2 aromatic rings. The van der Waals surface area contributed by atoms with Crippen LogP contribution in [0.4, 0.5) is 5.69 Å². The highest BCUT2D eigenvalue weighted by Crippen LogP contribution is 2.32. The van der Waals surface area contributed by atoms with Gasteiger partial charge in [0.25, 0.3) is 0 Å². The number of nitrogens with one attached hydrogen (secondary N) is 1. The number of carbonyl (C=O) groups excluding carboxylic acids is 1. The fourth-order valence-corrected chi connectivity index (χ4v) is 4.54. The molecule has 0 atom stereocenters. The number of sulfone groups is 1. The first-order chi connectivity index (χ1) is 10.9. The Hall–Kier alpha value is -2.21. The minimum absolute atomic E-state index is 0.0291. The summed E-state index contributed by atoms with van der Waals surface area (Å²) in [7, 11) is -3.60. The highest BCUT2D eigenvalue weighted by atomic mass is 32.2. The van der Waals surface area contributed by atoms with E-state index in [0.717, 1.165) is 16.8 Å². The van der Waals surface area contributed by atoms with Crippen LogP contribution in [0, 0.1) is 6.92 Å². The lowest BCUT2D eigenvalue weighted by Crippen LogP contribution is -2.20. The molecule has 1 N–H and O–H groups in total. The van der Waals surface area contributed by atoms with Gasteiger partial charge < -0.3 is 5.32 Å². The molecule has 0 bridgehead atoms. The highest BCUT2D eigenvalue weighted by Gasteiger charge is 2.25. The highest BCUT2D eigenvalue weighted by molar-refractivity contribution is 7.91. The Labute approximate surface area is 135 Å². The molecule has 2 heterocycles. The molecular formula is C17H18N2O3S. The van der Waals surface area contributed by atoms with E-state index < -0.39 is 9.84 Å². The van der Waals surface area contributed by atoms with Crippen molar-refractivity contribution in [3.8, 4) is 0 Å². The minimum atomic E-state index is -3.60. The third-order valence-corrected chi connectivity index (χ3v) is 5.95. The zero-order chi connectivity index (χ0) is 16.6. The molecule has 0 unspecified atom stereocenters. The number of amides is 1. The fraction of sp³-hybridized carbons (Fsp3) is 0.294. The first-order valence-electron chi connectivity index (χ1n) is 7.55. The van der Waals surface area contributed by atoms with Crippen molar-refractivity contribution in [3.05, 3.63) is 47.3 Å². The molecule has 1 aliphatic rings. The number of aromatic nitrogens is 1. The second-order valence-corrected chi connectivity index (χ2v) is 7.58. The van der Waals surface area contributed by atoms with Crippen molar-refractivity contribution in [1.82, 2.24) is 4.98 Å². The van der Waals surface area contributed by atoms with Crippen molar-refractivity contribution in [1.29, 1.82) is 0 Å². The van der Waals surface area contributed by atoms with Crippen LogP contribution < -0.4 is 5.32 Å². The summed E-state index contributed by atoms with van der Waals surface area (Å²) >= 11 is 0. The number of nitrogens with zero attached hydrogens (tertiary/aromatic N) is 1. The molecule has 0 radical (unpaired) electrons. The zero-order valence-corrected chi connectivity index (χ0v) is 13.9. The number of hydrogen-bond donors (Lipinski definition) is 1. The van der Waals surface area contributed by atoms with Crippen molar-refractivity contribution in [3.63, 3.8) is 0 Å². The zero-order valence-electron chi connectivity index (χ0n) is 13.1. The molecule has 0 aliphatic carbocycles. The van der Waals surface area contributed by atoms with Gasteiger partial charge >= 0.3 is 0 Å². The normalized spacial score (nSPS) is 14.3. The summed E-state index contributed by atoms with van der Waals surface area (Å²) in [6.07, 6.45) is 4.63. The topological polar surface area (TPSA) is 76.1 Å². The van der Waals surface area contributed by atoms with Crippen molar-refractivity contribution >= 4 is 21.4 Å². The maximum absolute atomic E-state index is 13.0. The summed E-state index contributed by atoms with van der Waals surface area (Å²) in [4.78, 5) is 16.1. The molecule has 0 spiro atoms. The average Bonchev–Trinajstić information content (AvgIpc) is 2.55. The van der Waals surface area contributed by atoms with Crippen LogP contribution in [0.2, 0.25) is 0 Å². The quantitative estimate of drug-likeness (QED) is 0.939. The Morgan fingerprint density at radius 3 is 2.78 bits per heavy atom. The van der Waals surface area contributed by atoms with Crippen LogP contribution in [0.15, 0.2) is 40.4 Å². The first kappa shape index (κ1) is 15.7. The van der Waals surface area contributed by atoms with Crippen LogP contribution in [-0.4, -0.2) is 19.3 Å². The lowest BCUT2D eigenvalue weighted by molar-refractivity contribution is -0.116. The monoisotopic (exact) mass is 330 g/mol. The number of pyridine rings is 1. The molecule has 0 saturated heterocycles. The van der Waals surface area contributed by atoms with E-state index in [4.69, 9.17) is 0 Å². The predicted octanol–water partition coefficient (Wildman–Crippen LogP) is 2.67. The predicted molar refractivity (Wildman–Crippen MR) is 87.2 cm³/mol. The largest absolute Gasteiger partial charge is 0.326 e. The molecule has 1 aliphatic heterocycles. The van der Waals surface area contributed by atoms with E-state index >= 15 is 0 Å². The van der Waals surface area contributed by atoms with Gasteiger partial charge in [-0.3, -0.25) is 9.78 Å². The van der Waals surface area contributed by atoms with Crippen LogP contribution in [0.1, 0.15) is 30.0 Å². The van der Waals surface area contributed by atoms with E-state index in [1.165, 1.54) is 6.20 Å². The Kier molecular flexibility index (Phi) is 3.93. The van der Waals surface area contributed by atoms with Crippen molar-refractivity contribution in [2.24, 2.45) is 0 Å². The summed E-state index contributed by atoms with van der Waals surface area (Å²) in [6.45, 7) is 3.72. The number of anilines is 1. The Morgan fingerprint density at radius 1 is 1.26 bits per heavy atom. The number of hydrogen-bond acceptors (Lipinski definition) is 4. The van der Waals surface area contributed by atoms with Crippen LogP contribution >= 0.6 is 0 Å². The molecule has 0 fully saturated rings. The maximum atomic E-state index is 13.0. The lowest BCUT2D eigenvalue weighted by Gasteiger charge is -2.20. The van der Waals surface area contributed by atoms with Gasteiger partial charge in [0.1, 0.15) is 0 Å². The van der Waals surface area contributed by atoms with Crippen molar-refractivity contribution in [2.75, 3.05) is 5.32 Å². The molecule has 1 aromatic carbocycles. The number of fused-ring (bicyclic) bond motifs is 1. The van der Waals surface area contributed by atoms with Gasteiger partial charge in [-0.1, -0.05) is 6.92 Å². The molecule has 1 amide bonds. The van der Waals surface area contributed by atoms with Gasteiger partial charge in [-0.15, -0.1) is 0 Å². The van der Waals surface area contributed by atoms with E-state index in [9.17, 15) is 13.2 Å². The molecule has 3 rings (SSSR count). The molecule has 0 saturated carbocycles. The maximum Gasteiger partial charge on any atom is 0.224 e. The minimum Gasteiger partial charge on any atom is -0.326 e. The SMILES string of the molecule is CCc1cnccc1S(=O)(=O)c1cc(C)c2c(c1)CCC(=O)N2. The summed E-state index contributed by atoms with van der Waals surface area (Å²) in [5.41, 5.74) is 3.08. The van der Waals surface area contributed by atoms with E-state index in [-0.39, 0.29) is 10.8 Å². The van der Waals surface area contributed by atoms with Crippen LogP contribution in [0.3, 0.4) is 0 Å². The average molecular weight is 330 g/mol. The van der Waals surface area contributed by atoms with Crippen LogP contribution in [0.5, 0.6) is 0 Å². The van der Waals surface area contributed by atoms with Gasteiger partial charge in [-0.2, -0.15) is 0 Å². The summed E-state index contributed by atoms with van der Waals surface area (Å²) in [5, 5.41) is 2.83. The van der Waals surface area contributed by atoms with Crippen LogP contribution in [-0.2, 0) is 27.5 Å². The number of rotatable bonds is 3. The van der Waals surface area contributed by atoms with Gasteiger partial charge in [0.2, 0.25) is 15.7 Å². The lowest BCUT2D eigenvalue weighted by atomic mass is 10.00. The third kappa shape index (κ3) is 2.74. The summed E-state index contributed by atoms with van der Waals surface area (Å²) in [6, 6.07) is 4.85. The van der Waals surface area contributed by atoms with E-state index in [1.807, 2.05) is 13.8 Å². The van der Waals surface area contributed by atoms with Gasteiger partial charge in [-0.25, -0.2) is 8.42 Å². The number of aryl methyl sites for hydroxylation is 3. The Balaban J connectivity index is 2.15. The smallest absolute Gasteiger partial charge is 0.224 e. The molecule has 1 aromatic heterocycles. The second-order valence-electron chi connectivity index (χ2n) is 5.66. The van der Waals surface area contributed by atoms with Gasteiger partial charge in [-0.05, 0) is 54.7 Å². The Morgan fingerprint density at radius 2 is 2.04 bits per heavy atom. The van der Waals surface area contributed by atoms with E-state index in [0.29, 0.717) is 29.7 Å². The van der Waals surface area contributed by atoms with Gasteiger partial charge in [0.15, 0.2) is 0 Å². The first-order valence-corrected chi connectivity index (χ1v) is 9.03. The molecule has 23 heavy (non-hydrogen) atoms. The summed E-state index contributed by atoms with van der Waals surface area (Å²) < 4.78 is 26.0. The summed E-state index contributed by atoms with van der Waals surface area (Å²) in [5.74, 6) is -0.0291. The fourth-order valence-electron chi connectivity index (χ4n) is 2.87. The van der Waals surface area contributed by atoms with Crippen molar-refractivity contribution < 1.29 is 13.2 Å². The number of carbonyl (C=O) groups is 1. The Bertz CT molecular complexity index is 889. The molecule has 120 valence electrons. The van der Waals surface area contributed by atoms with Crippen molar-refractivity contribution in [2.45, 2.75) is 42.9 Å². The van der Waals surface area contributed by atoms with Gasteiger partial charge in [0, 0.05) is 24.5 Å². The molecule has 6 heteroatoms. The molecule has 5 nitrogen and oxygen atoms in total. The number of benzene rings is 1. The second kappa shape index (κ2) is 5.77. The van der Waals surface area contributed by atoms with E-state index in [2.05, 4.69) is 10.3 Å². The third-order valence-electron chi connectivity index (χ3n) is 4.12.